The second-order valence-electron chi connectivity index (χ2n) is 4.97. The van der Waals surface area contributed by atoms with Crippen LogP contribution in [0.25, 0.3) is 10.9 Å². The van der Waals surface area contributed by atoms with Crippen LogP contribution in [-0.4, -0.2) is 22.7 Å². The first kappa shape index (κ1) is 14.3. The summed E-state index contributed by atoms with van der Waals surface area (Å²) < 4.78 is 0. The highest BCUT2D eigenvalue weighted by Gasteiger charge is 2.11. The van der Waals surface area contributed by atoms with E-state index in [1.165, 1.54) is 0 Å². The van der Waals surface area contributed by atoms with Crippen LogP contribution in [0, 0.1) is 5.92 Å². The third-order valence-electron chi connectivity index (χ3n) is 3.50. The largest absolute Gasteiger partial charge is 0.396 e. The SMILES string of the molecule is CC(CO)C(C)NCc1cc(Cl)cc2cccnc12. The van der Waals surface area contributed by atoms with Gasteiger partial charge in [0.15, 0.2) is 0 Å². The van der Waals surface area contributed by atoms with Crippen LogP contribution in [0.2, 0.25) is 5.02 Å². The van der Waals surface area contributed by atoms with Gasteiger partial charge < -0.3 is 10.4 Å². The molecule has 0 aliphatic heterocycles. The lowest BCUT2D eigenvalue weighted by Gasteiger charge is -2.19. The van der Waals surface area contributed by atoms with E-state index < -0.39 is 0 Å². The van der Waals surface area contributed by atoms with Gasteiger partial charge in [-0.1, -0.05) is 24.6 Å². The molecule has 2 atom stereocenters. The fourth-order valence-electron chi connectivity index (χ4n) is 1.99. The zero-order chi connectivity index (χ0) is 13.8. The van der Waals surface area contributed by atoms with Crippen molar-refractivity contribution in [1.29, 1.82) is 0 Å². The van der Waals surface area contributed by atoms with E-state index in [1.807, 2.05) is 31.2 Å². The summed E-state index contributed by atoms with van der Waals surface area (Å²) in [7, 11) is 0. The molecule has 0 fully saturated rings. The Kier molecular flexibility index (Phi) is 4.75. The molecule has 4 heteroatoms. The Balaban J connectivity index is 2.20. The molecule has 1 aromatic heterocycles. The molecule has 0 bridgehead atoms. The van der Waals surface area contributed by atoms with E-state index in [4.69, 9.17) is 16.7 Å². The number of aliphatic hydroxyl groups is 1. The average molecular weight is 279 g/mol. The number of benzene rings is 1. The first-order valence-electron chi connectivity index (χ1n) is 6.49. The Labute approximate surface area is 118 Å². The average Bonchev–Trinajstić information content (AvgIpc) is 2.43. The fourth-order valence-corrected chi connectivity index (χ4v) is 2.24. The summed E-state index contributed by atoms with van der Waals surface area (Å²) in [5.74, 6) is 0.221. The van der Waals surface area contributed by atoms with Gasteiger partial charge in [0.05, 0.1) is 5.52 Å². The van der Waals surface area contributed by atoms with Crippen LogP contribution < -0.4 is 5.32 Å². The molecule has 0 radical (unpaired) electrons. The molecule has 0 aliphatic carbocycles. The maximum absolute atomic E-state index is 9.14. The van der Waals surface area contributed by atoms with Gasteiger partial charge in [-0.3, -0.25) is 4.98 Å². The Morgan fingerprint density at radius 2 is 2.16 bits per heavy atom. The molecule has 102 valence electrons. The Morgan fingerprint density at radius 3 is 2.89 bits per heavy atom. The number of hydrogen-bond acceptors (Lipinski definition) is 3. The zero-order valence-corrected chi connectivity index (χ0v) is 12.0. The maximum atomic E-state index is 9.14. The third kappa shape index (κ3) is 3.44. The number of fused-ring (bicyclic) bond motifs is 1. The molecule has 3 nitrogen and oxygen atoms in total. The van der Waals surface area contributed by atoms with Gasteiger partial charge in [0, 0.05) is 35.8 Å². The minimum absolute atomic E-state index is 0.183. The standard InChI is InChI=1S/C15H19ClN2O/c1-10(9-19)11(2)18-8-13-7-14(16)6-12-4-3-5-17-15(12)13/h3-7,10-11,18-19H,8-9H2,1-2H3. The van der Waals surface area contributed by atoms with Crippen molar-refractivity contribution in [3.05, 3.63) is 41.0 Å². The molecule has 0 spiro atoms. The van der Waals surface area contributed by atoms with Gasteiger partial charge in [-0.05, 0) is 36.6 Å². The van der Waals surface area contributed by atoms with Crippen LogP contribution in [-0.2, 0) is 6.54 Å². The minimum Gasteiger partial charge on any atom is -0.396 e. The highest BCUT2D eigenvalue weighted by Crippen LogP contribution is 2.22. The molecular formula is C15H19ClN2O. The van der Waals surface area contributed by atoms with E-state index in [1.54, 1.807) is 6.20 Å². The predicted molar refractivity (Wildman–Crippen MR) is 79.3 cm³/mol. The highest BCUT2D eigenvalue weighted by molar-refractivity contribution is 6.31. The van der Waals surface area contributed by atoms with Crippen LogP contribution in [0.15, 0.2) is 30.5 Å². The van der Waals surface area contributed by atoms with Crippen molar-refractivity contribution in [2.75, 3.05) is 6.61 Å². The lowest BCUT2D eigenvalue weighted by atomic mass is 10.0. The highest BCUT2D eigenvalue weighted by atomic mass is 35.5. The quantitative estimate of drug-likeness (QED) is 0.884. The monoisotopic (exact) mass is 278 g/mol. The summed E-state index contributed by atoms with van der Waals surface area (Å²) in [5, 5.41) is 14.3. The molecule has 2 unspecified atom stereocenters. The minimum atomic E-state index is 0.183. The van der Waals surface area contributed by atoms with Gasteiger partial charge >= 0.3 is 0 Å². The number of rotatable bonds is 5. The fraction of sp³-hybridized carbons (Fsp3) is 0.400. The van der Waals surface area contributed by atoms with Gasteiger partial charge in [0.2, 0.25) is 0 Å². The van der Waals surface area contributed by atoms with E-state index in [9.17, 15) is 0 Å². The molecule has 2 N–H and O–H groups in total. The lowest BCUT2D eigenvalue weighted by Crippen LogP contribution is -2.33. The van der Waals surface area contributed by atoms with Gasteiger partial charge in [0.1, 0.15) is 0 Å². The van der Waals surface area contributed by atoms with Crippen molar-refractivity contribution in [3.8, 4) is 0 Å². The van der Waals surface area contributed by atoms with Crippen LogP contribution in [0.5, 0.6) is 0 Å². The normalized spacial score (nSPS) is 14.5. The summed E-state index contributed by atoms with van der Waals surface area (Å²) in [6.45, 7) is 4.97. The van der Waals surface area contributed by atoms with Gasteiger partial charge in [0.25, 0.3) is 0 Å². The molecule has 19 heavy (non-hydrogen) atoms. The predicted octanol–water partition coefficient (Wildman–Crippen LogP) is 2.99. The molecule has 2 aromatic rings. The Hall–Kier alpha value is -1.16. The first-order chi connectivity index (χ1) is 9.11. The topological polar surface area (TPSA) is 45.1 Å². The van der Waals surface area contributed by atoms with Crippen LogP contribution >= 0.6 is 11.6 Å². The number of hydrogen-bond donors (Lipinski definition) is 2. The lowest BCUT2D eigenvalue weighted by molar-refractivity contribution is 0.207. The molecular weight excluding hydrogens is 260 g/mol. The number of halogens is 1. The van der Waals surface area contributed by atoms with Crippen molar-refractivity contribution in [1.82, 2.24) is 10.3 Å². The van der Waals surface area contributed by atoms with E-state index >= 15 is 0 Å². The number of pyridine rings is 1. The second-order valence-corrected chi connectivity index (χ2v) is 5.41. The first-order valence-corrected chi connectivity index (χ1v) is 6.87. The van der Waals surface area contributed by atoms with Crippen molar-refractivity contribution in [2.45, 2.75) is 26.4 Å². The number of nitrogens with zero attached hydrogens (tertiary/aromatic N) is 1. The van der Waals surface area contributed by atoms with Gasteiger partial charge in [-0.15, -0.1) is 0 Å². The van der Waals surface area contributed by atoms with Crippen molar-refractivity contribution >= 4 is 22.5 Å². The van der Waals surface area contributed by atoms with Crippen LogP contribution in [0.1, 0.15) is 19.4 Å². The molecule has 2 rings (SSSR count). The Morgan fingerprint density at radius 1 is 1.37 bits per heavy atom. The van der Waals surface area contributed by atoms with Gasteiger partial charge in [-0.2, -0.15) is 0 Å². The summed E-state index contributed by atoms with van der Waals surface area (Å²) in [6, 6.07) is 8.03. The Bertz CT molecular complexity index is 559. The third-order valence-corrected chi connectivity index (χ3v) is 3.72. The van der Waals surface area contributed by atoms with Crippen molar-refractivity contribution < 1.29 is 5.11 Å². The number of nitrogens with one attached hydrogen (secondary N) is 1. The van der Waals surface area contributed by atoms with E-state index in [0.29, 0.717) is 6.54 Å². The molecule has 0 aliphatic rings. The van der Waals surface area contributed by atoms with Gasteiger partial charge in [-0.25, -0.2) is 0 Å². The van der Waals surface area contributed by atoms with E-state index in [0.717, 1.165) is 21.5 Å². The smallest absolute Gasteiger partial charge is 0.0747 e. The van der Waals surface area contributed by atoms with Crippen LogP contribution in [0.4, 0.5) is 0 Å². The summed E-state index contributed by atoms with van der Waals surface area (Å²) in [4.78, 5) is 4.42. The second kappa shape index (κ2) is 6.33. The zero-order valence-electron chi connectivity index (χ0n) is 11.2. The summed E-state index contributed by atoms with van der Waals surface area (Å²) in [5.41, 5.74) is 2.06. The summed E-state index contributed by atoms with van der Waals surface area (Å²) in [6.07, 6.45) is 1.79. The maximum Gasteiger partial charge on any atom is 0.0747 e. The molecule has 0 amide bonds. The molecule has 0 saturated carbocycles. The van der Waals surface area contributed by atoms with Crippen LogP contribution in [0.3, 0.4) is 0 Å². The molecule has 1 heterocycles. The van der Waals surface area contributed by atoms with Crippen molar-refractivity contribution in [2.24, 2.45) is 5.92 Å². The van der Waals surface area contributed by atoms with E-state index in [2.05, 4.69) is 17.2 Å². The molecule has 0 saturated heterocycles. The number of aliphatic hydroxyl groups excluding tert-OH is 1. The van der Waals surface area contributed by atoms with Crippen molar-refractivity contribution in [3.63, 3.8) is 0 Å². The van der Waals surface area contributed by atoms with E-state index in [-0.39, 0.29) is 18.6 Å². The molecule has 1 aromatic carbocycles. The number of aromatic nitrogens is 1. The summed E-state index contributed by atoms with van der Waals surface area (Å²) >= 11 is 6.13.